The van der Waals surface area contributed by atoms with Crippen molar-refractivity contribution in [1.82, 2.24) is 9.80 Å². The molecule has 0 unspecified atom stereocenters. The van der Waals surface area contributed by atoms with Gasteiger partial charge >= 0.3 is 5.97 Å². The van der Waals surface area contributed by atoms with Crippen molar-refractivity contribution in [2.45, 2.75) is 18.5 Å². The second kappa shape index (κ2) is 7.82. The minimum atomic E-state index is -1.25. The first-order valence-corrected chi connectivity index (χ1v) is 9.33. The van der Waals surface area contributed by atoms with Crippen LogP contribution in [0.1, 0.15) is 26.3 Å². The Morgan fingerprint density at radius 1 is 1.00 bits per heavy atom. The zero-order chi connectivity index (χ0) is 21.3. The largest absolute Gasteiger partial charge is 0.497 e. The first-order valence-electron chi connectivity index (χ1n) is 9.33. The maximum Gasteiger partial charge on any atom is 0.330 e. The number of hydrogen-bond acceptors (Lipinski definition) is 5. The number of benzene rings is 2. The molecule has 1 N–H and O–H groups in total. The minimum absolute atomic E-state index is 0.0582. The fraction of sp³-hybridized carbons (Fsp3) is 0.182. The fourth-order valence-electron chi connectivity index (χ4n) is 3.65. The molecule has 30 heavy (non-hydrogen) atoms. The molecule has 8 heteroatoms. The van der Waals surface area contributed by atoms with Crippen molar-refractivity contribution in [3.05, 3.63) is 83.7 Å². The van der Waals surface area contributed by atoms with E-state index in [4.69, 9.17) is 4.74 Å². The van der Waals surface area contributed by atoms with Crippen molar-refractivity contribution in [1.29, 1.82) is 0 Å². The number of aliphatic carboxylic acids is 1. The van der Waals surface area contributed by atoms with Gasteiger partial charge in [-0.25, -0.2) is 4.79 Å². The number of nitrogens with zero attached hydrogens (tertiary/aromatic N) is 2. The normalized spacial score (nSPS) is 18.7. The summed E-state index contributed by atoms with van der Waals surface area (Å²) in [5, 5.41) is 9.49. The van der Waals surface area contributed by atoms with Gasteiger partial charge in [0.2, 0.25) is 0 Å². The summed E-state index contributed by atoms with van der Waals surface area (Å²) in [6.45, 7) is -0.224. The molecule has 2 aromatic rings. The topological polar surface area (TPSA) is 104 Å². The Hall–Kier alpha value is -3.94. The lowest BCUT2D eigenvalue weighted by Gasteiger charge is -2.34. The second-order valence-electron chi connectivity index (χ2n) is 6.95. The van der Waals surface area contributed by atoms with Gasteiger partial charge in [-0.15, -0.1) is 0 Å². The highest BCUT2D eigenvalue weighted by molar-refractivity contribution is 6.23. The van der Waals surface area contributed by atoms with Gasteiger partial charge in [-0.05, 0) is 17.7 Å². The monoisotopic (exact) mass is 406 g/mol. The Morgan fingerprint density at radius 2 is 1.60 bits per heavy atom. The first kappa shape index (κ1) is 19.4. The molecule has 0 saturated heterocycles. The summed E-state index contributed by atoms with van der Waals surface area (Å²) in [6, 6.07) is 12.8. The summed E-state index contributed by atoms with van der Waals surface area (Å²) < 4.78 is 5.04. The average molecular weight is 406 g/mol. The standard InChI is InChI=1S/C22H18N2O6/c25-19-15-8-4-5-9-16(15)20(26)24(19)17(12-14-6-2-1-3-7-14)21(27)23-10-11-30-13-18(23)22(28)29/h1-11,17-18H,12-13H2,(H,28,29)/t17-,18-/m0/s1. The number of imide groups is 1. The van der Waals surface area contributed by atoms with Crippen molar-refractivity contribution in [3.8, 4) is 0 Å². The molecule has 2 atom stereocenters. The van der Waals surface area contributed by atoms with E-state index in [0.29, 0.717) is 0 Å². The quantitative estimate of drug-likeness (QED) is 0.758. The summed E-state index contributed by atoms with van der Waals surface area (Å²) in [5.41, 5.74) is 1.18. The number of rotatable bonds is 5. The number of fused-ring (bicyclic) bond motifs is 1. The summed E-state index contributed by atoms with van der Waals surface area (Å²) in [7, 11) is 0. The third-order valence-electron chi connectivity index (χ3n) is 5.14. The van der Waals surface area contributed by atoms with Crippen molar-refractivity contribution in [3.63, 3.8) is 0 Å². The molecule has 0 radical (unpaired) electrons. The smallest absolute Gasteiger partial charge is 0.330 e. The summed E-state index contributed by atoms with van der Waals surface area (Å²) in [6.07, 6.45) is 2.50. The van der Waals surface area contributed by atoms with Gasteiger partial charge in [-0.1, -0.05) is 42.5 Å². The molecule has 2 aliphatic heterocycles. The predicted molar refractivity (Wildman–Crippen MR) is 104 cm³/mol. The van der Waals surface area contributed by atoms with Gasteiger partial charge in [0.15, 0.2) is 6.04 Å². The lowest BCUT2D eigenvalue weighted by Crippen LogP contribution is -2.56. The molecule has 152 valence electrons. The molecule has 8 nitrogen and oxygen atoms in total. The summed E-state index contributed by atoms with van der Waals surface area (Å²) in [4.78, 5) is 53.1. The van der Waals surface area contributed by atoms with E-state index in [2.05, 4.69) is 0 Å². The summed E-state index contributed by atoms with van der Waals surface area (Å²) in [5.74, 6) is -3.06. The Morgan fingerprint density at radius 3 is 2.20 bits per heavy atom. The molecular formula is C22H18N2O6. The number of ether oxygens (including phenoxy) is 1. The van der Waals surface area contributed by atoms with E-state index in [-0.39, 0.29) is 24.2 Å². The molecular weight excluding hydrogens is 388 g/mol. The number of carbonyl (C=O) groups is 4. The third-order valence-corrected chi connectivity index (χ3v) is 5.14. The molecule has 0 saturated carbocycles. The Labute approximate surface area is 172 Å². The van der Waals surface area contributed by atoms with E-state index in [9.17, 15) is 24.3 Å². The SMILES string of the molecule is O=C(O)[C@@H]1COC=CN1C(=O)[C@H](Cc1ccccc1)N1C(=O)c2ccccc2C1=O. The molecule has 0 fully saturated rings. The van der Waals surface area contributed by atoms with E-state index in [1.165, 1.54) is 24.6 Å². The average Bonchev–Trinajstić information content (AvgIpc) is 3.03. The lowest BCUT2D eigenvalue weighted by atomic mass is 10.0. The molecule has 2 heterocycles. The number of carboxylic acids is 1. The van der Waals surface area contributed by atoms with Gasteiger partial charge in [0.05, 0.1) is 17.4 Å². The number of carbonyl (C=O) groups excluding carboxylic acids is 3. The van der Waals surface area contributed by atoms with E-state index in [1.807, 2.05) is 6.07 Å². The van der Waals surface area contributed by atoms with Crippen LogP contribution in [0.4, 0.5) is 0 Å². The van der Waals surface area contributed by atoms with Crippen LogP contribution in [0.3, 0.4) is 0 Å². The molecule has 2 aromatic carbocycles. The van der Waals surface area contributed by atoms with E-state index in [0.717, 1.165) is 15.4 Å². The Balaban J connectivity index is 1.74. The van der Waals surface area contributed by atoms with E-state index in [1.54, 1.807) is 36.4 Å². The Kier molecular flexibility index (Phi) is 5.05. The lowest BCUT2D eigenvalue weighted by molar-refractivity contribution is -0.152. The minimum Gasteiger partial charge on any atom is -0.497 e. The van der Waals surface area contributed by atoms with Crippen LogP contribution in [0.2, 0.25) is 0 Å². The van der Waals surface area contributed by atoms with Crippen molar-refractivity contribution < 1.29 is 29.0 Å². The molecule has 0 spiro atoms. The Bertz CT molecular complexity index is 1010. The van der Waals surface area contributed by atoms with Crippen molar-refractivity contribution in [2.24, 2.45) is 0 Å². The fourth-order valence-corrected chi connectivity index (χ4v) is 3.65. The molecule has 0 bridgehead atoms. The van der Waals surface area contributed by atoms with Gasteiger partial charge < -0.3 is 9.84 Å². The second-order valence-corrected chi connectivity index (χ2v) is 6.95. The van der Waals surface area contributed by atoms with Crippen LogP contribution < -0.4 is 0 Å². The van der Waals surface area contributed by atoms with Gasteiger partial charge in [0, 0.05) is 12.6 Å². The van der Waals surface area contributed by atoms with E-state index < -0.39 is 35.8 Å². The molecule has 0 aliphatic carbocycles. The maximum absolute atomic E-state index is 13.5. The van der Waals surface area contributed by atoms with Crippen LogP contribution in [0, 0.1) is 0 Å². The van der Waals surface area contributed by atoms with Gasteiger partial charge in [-0.2, -0.15) is 0 Å². The van der Waals surface area contributed by atoms with Crippen LogP contribution in [0.5, 0.6) is 0 Å². The van der Waals surface area contributed by atoms with E-state index >= 15 is 0 Å². The summed E-state index contributed by atoms with van der Waals surface area (Å²) >= 11 is 0. The van der Waals surface area contributed by atoms with Crippen LogP contribution in [-0.4, -0.2) is 57.3 Å². The molecule has 3 amide bonds. The van der Waals surface area contributed by atoms with Crippen LogP contribution in [0.25, 0.3) is 0 Å². The molecule has 2 aliphatic rings. The molecule has 0 aromatic heterocycles. The van der Waals surface area contributed by atoms with Crippen molar-refractivity contribution in [2.75, 3.05) is 6.61 Å². The van der Waals surface area contributed by atoms with Crippen LogP contribution in [-0.2, 0) is 20.7 Å². The predicted octanol–water partition coefficient (Wildman–Crippen LogP) is 1.68. The van der Waals surface area contributed by atoms with Gasteiger partial charge in [0.1, 0.15) is 12.6 Å². The van der Waals surface area contributed by atoms with Crippen LogP contribution >= 0.6 is 0 Å². The number of carboxylic acid groups (broad SMARTS) is 1. The first-order chi connectivity index (χ1) is 14.5. The van der Waals surface area contributed by atoms with Crippen LogP contribution in [0.15, 0.2) is 67.1 Å². The van der Waals surface area contributed by atoms with Gasteiger partial charge in [0.25, 0.3) is 17.7 Å². The third kappa shape index (κ3) is 3.32. The highest BCUT2D eigenvalue weighted by Gasteiger charge is 2.45. The maximum atomic E-state index is 13.5. The number of hydrogen-bond donors (Lipinski definition) is 1. The zero-order valence-corrected chi connectivity index (χ0v) is 15.8. The highest BCUT2D eigenvalue weighted by Crippen LogP contribution is 2.27. The van der Waals surface area contributed by atoms with Gasteiger partial charge in [-0.3, -0.25) is 24.2 Å². The van der Waals surface area contributed by atoms with Crippen molar-refractivity contribution >= 4 is 23.7 Å². The highest BCUT2D eigenvalue weighted by atomic mass is 16.5. The zero-order valence-electron chi connectivity index (χ0n) is 15.8. The molecule has 4 rings (SSSR count). The number of amides is 3.